The summed E-state index contributed by atoms with van der Waals surface area (Å²) in [6.07, 6.45) is 0. The standard InChI is InChI=1S/C54H39N/c1-54(44-21-6-3-7-22-44)50-27-13-12-26-49(50)53-51(54)28-15-29-52(53)55(45-34-32-39(33-35-45)42-31-30-38-16-8-9-19-41(38)36-42)46-23-14-20-43(37-46)48-25-11-10-24-47(48)40-17-4-2-5-18-40/h2-37H,1H3. The van der Waals surface area contributed by atoms with E-state index in [0.29, 0.717) is 0 Å². The molecule has 0 amide bonds. The van der Waals surface area contributed by atoms with E-state index in [-0.39, 0.29) is 5.41 Å². The van der Waals surface area contributed by atoms with Crippen LogP contribution in [0.25, 0.3) is 55.3 Å². The zero-order valence-electron chi connectivity index (χ0n) is 30.7. The summed E-state index contributed by atoms with van der Waals surface area (Å²) in [6, 6.07) is 79.7. The van der Waals surface area contributed by atoms with Crippen LogP contribution in [0.3, 0.4) is 0 Å². The Hall–Kier alpha value is -6.96. The van der Waals surface area contributed by atoms with Gasteiger partial charge in [0, 0.05) is 22.4 Å². The quantitative estimate of drug-likeness (QED) is 0.160. The van der Waals surface area contributed by atoms with Gasteiger partial charge in [0.1, 0.15) is 0 Å². The topological polar surface area (TPSA) is 3.24 Å². The Bertz CT molecular complexity index is 2820. The summed E-state index contributed by atoms with van der Waals surface area (Å²) in [5, 5.41) is 2.50. The maximum absolute atomic E-state index is 2.46. The number of nitrogens with zero attached hydrogens (tertiary/aromatic N) is 1. The molecule has 1 aliphatic rings. The Morgan fingerprint density at radius 3 is 1.71 bits per heavy atom. The molecule has 0 heterocycles. The molecular formula is C54H39N. The molecule has 10 rings (SSSR count). The van der Waals surface area contributed by atoms with Crippen LogP contribution in [0.15, 0.2) is 218 Å². The van der Waals surface area contributed by atoms with E-state index in [0.717, 1.165) is 17.1 Å². The molecule has 0 saturated heterocycles. The highest BCUT2D eigenvalue weighted by molar-refractivity contribution is 5.97. The molecule has 0 fully saturated rings. The highest BCUT2D eigenvalue weighted by Crippen LogP contribution is 2.56. The lowest BCUT2D eigenvalue weighted by Gasteiger charge is -2.31. The van der Waals surface area contributed by atoms with Crippen LogP contribution < -0.4 is 4.90 Å². The van der Waals surface area contributed by atoms with Gasteiger partial charge < -0.3 is 4.90 Å². The molecule has 0 N–H and O–H groups in total. The normalized spacial score (nSPS) is 14.3. The molecule has 1 unspecified atom stereocenters. The third-order valence-electron chi connectivity index (χ3n) is 11.5. The summed E-state index contributed by atoms with van der Waals surface area (Å²) in [5.74, 6) is 0. The lowest BCUT2D eigenvalue weighted by atomic mass is 9.74. The fourth-order valence-corrected chi connectivity index (χ4v) is 8.81. The Morgan fingerprint density at radius 2 is 0.927 bits per heavy atom. The van der Waals surface area contributed by atoms with Crippen LogP contribution in [0.2, 0.25) is 0 Å². The Balaban J connectivity index is 1.17. The first-order chi connectivity index (χ1) is 27.2. The second-order valence-electron chi connectivity index (χ2n) is 14.6. The van der Waals surface area contributed by atoms with Crippen molar-refractivity contribution < 1.29 is 0 Å². The van der Waals surface area contributed by atoms with E-state index in [2.05, 4.69) is 230 Å². The third kappa shape index (κ3) is 5.56. The van der Waals surface area contributed by atoms with Gasteiger partial charge in [-0.3, -0.25) is 0 Å². The second-order valence-corrected chi connectivity index (χ2v) is 14.6. The molecule has 0 aromatic heterocycles. The van der Waals surface area contributed by atoms with Crippen LogP contribution in [0.1, 0.15) is 23.6 Å². The van der Waals surface area contributed by atoms with E-state index in [1.165, 1.54) is 72.0 Å². The molecule has 0 spiro atoms. The Kier molecular flexibility index (Phi) is 8.00. The molecule has 0 aliphatic heterocycles. The van der Waals surface area contributed by atoms with Crippen LogP contribution in [-0.4, -0.2) is 0 Å². The fraction of sp³-hybridized carbons (Fsp3) is 0.0370. The van der Waals surface area contributed by atoms with Gasteiger partial charge in [-0.25, -0.2) is 0 Å². The van der Waals surface area contributed by atoms with E-state index in [4.69, 9.17) is 0 Å². The van der Waals surface area contributed by atoms with Gasteiger partial charge >= 0.3 is 0 Å². The summed E-state index contributed by atoms with van der Waals surface area (Å²) in [7, 11) is 0. The predicted molar refractivity (Wildman–Crippen MR) is 232 cm³/mol. The maximum Gasteiger partial charge on any atom is 0.0543 e. The minimum absolute atomic E-state index is 0.300. The molecule has 1 nitrogen and oxygen atoms in total. The molecular weight excluding hydrogens is 663 g/mol. The number of hydrogen-bond acceptors (Lipinski definition) is 1. The lowest BCUT2D eigenvalue weighted by molar-refractivity contribution is 0.714. The molecule has 0 bridgehead atoms. The molecule has 1 atom stereocenters. The van der Waals surface area contributed by atoms with Crippen LogP contribution in [0, 0.1) is 0 Å². The van der Waals surface area contributed by atoms with E-state index in [1.54, 1.807) is 0 Å². The summed E-state index contributed by atoms with van der Waals surface area (Å²) in [5.41, 5.74) is 16.8. The van der Waals surface area contributed by atoms with Crippen LogP contribution in [0.5, 0.6) is 0 Å². The van der Waals surface area contributed by atoms with Gasteiger partial charge in [0.2, 0.25) is 0 Å². The number of hydrogen-bond donors (Lipinski definition) is 0. The maximum atomic E-state index is 2.46. The average Bonchev–Trinajstić information content (AvgIpc) is 3.53. The first-order valence-corrected chi connectivity index (χ1v) is 19.1. The number of benzene rings is 9. The SMILES string of the molecule is CC1(c2ccccc2)c2ccccc2-c2c(N(c3ccc(-c4ccc5ccccc5c4)cc3)c3cccc(-c4ccccc4-c4ccccc4)c3)cccc21. The fourth-order valence-electron chi connectivity index (χ4n) is 8.81. The van der Waals surface area contributed by atoms with E-state index in [1.807, 2.05) is 0 Å². The van der Waals surface area contributed by atoms with Crippen molar-refractivity contribution in [3.8, 4) is 44.5 Å². The number of anilines is 3. The van der Waals surface area contributed by atoms with Gasteiger partial charge in [0.15, 0.2) is 0 Å². The van der Waals surface area contributed by atoms with Crippen molar-refractivity contribution in [1.82, 2.24) is 0 Å². The van der Waals surface area contributed by atoms with Crippen molar-refractivity contribution >= 4 is 27.8 Å². The van der Waals surface area contributed by atoms with E-state index in [9.17, 15) is 0 Å². The summed E-state index contributed by atoms with van der Waals surface area (Å²) < 4.78 is 0. The molecule has 260 valence electrons. The molecule has 0 saturated carbocycles. The van der Waals surface area contributed by atoms with Gasteiger partial charge in [0.25, 0.3) is 0 Å². The van der Waals surface area contributed by atoms with Crippen molar-refractivity contribution in [1.29, 1.82) is 0 Å². The van der Waals surface area contributed by atoms with Gasteiger partial charge in [-0.1, -0.05) is 182 Å². The van der Waals surface area contributed by atoms with Gasteiger partial charge in [-0.05, 0) is 110 Å². The first-order valence-electron chi connectivity index (χ1n) is 19.1. The van der Waals surface area contributed by atoms with Crippen LogP contribution >= 0.6 is 0 Å². The first kappa shape index (κ1) is 32.7. The van der Waals surface area contributed by atoms with Crippen LogP contribution in [-0.2, 0) is 5.41 Å². The van der Waals surface area contributed by atoms with Crippen LogP contribution in [0.4, 0.5) is 17.1 Å². The van der Waals surface area contributed by atoms with Crippen molar-refractivity contribution in [3.05, 3.63) is 235 Å². The molecule has 1 aliphatic carbocycles. The Labute approximate surface area is 323 Å². The van der Waals surface area contributed by atoms with Gasteiger partial charge in [-0.15, -0.1) is 0 Å². The molecule has 9 aromatic carbocycles. The zero-order chi connectivity index (χ0) is 36.8. The monoisotopic (exact) mass is 701 g/mol. The minimum atomic E-state index is -0.300. The summed E-state index contributed by atoms with van der Waals surface area (Å²) in [4.78, 5) is 2.46. The summed E-state index contributed by atoms with van der Waals surface area (Å²) >= 11 is 0. The van der Waals surface area contributed by atoms with E-state index < -0.39 is 0 Å². The molecule has 1 heteroatoms. The molecule has 55 heavy (non-hydrogen) atoms. The number of rotatable bonds is 7. The van der Waals surface area contributed by atoms with Crippen molar-refractivity contribution in [3.63, 3.8) is 0 Å². The smallest absolute Gasteiger partial charge is 0.0543 e. The highest BCUT2D eigenvalue weighted by Gasteiger charge is 2.42. The minimum Gasteiger partial charge on any atom is -0.310 e. The van der Waals surface area contributed by atoms with Crippen molar-refractivity contribution in [2.45, 2.75) is 12.3 Å². The van der Waals surface area contributed by atoms with Gasteiger partial charge in [0.05, 0.1) is 5.69 Å². The van der Waals surface area contributed by atoms with Crippen molar-refractivity contribution in [2.75, 3.05) is 4.90 Å². The third-order valence-corrected chi connectivity index (χ3v) is 11.5. The molecule has 9 aromatic rings. The van der Waals surface area contributed by atoms with Crippen molar-refractivity contribution in [2.24, 2.45) is 0 Å². The van der Waals surface area contributed by atoms with E-state index >= 15 is 0 Å². The highest BCUT2D eigenvalue weighted by atomic mass is 15.1. The summed E-state index contributed by atoms with van der Waals surface area (Å²) in [6.45, 7) is 2.39. The number of fused-ring (bicyclic) bond motifs is 4. The van der Waals surface area contributed by atoms with Gasteiger partial charge in [-0.2, -0.15) is 0 Å². The second kappa shape index (κ2) is 13.5. The predicted octanol–water partition coefficient (Wildman–Crippen LogP) is 14.6. The largest absolute Gasteiger partial charge is 0.310 e. The zero-order valence-corrected chi connectivity index (χ0v) is 30.7. The Morgan fingerprint density at radius 1 is 0.345 bits per heavy atom. The average molecular weight is 702 g/mol. The lowest BCUT2D eigenvalue weighted by Crippen LogP contribution is -2.22. The molecule has 0 radical (unpaired) electrons.